The van der Waals surface area contributed by atoms with Crippen LogP contribution in [0, 0.1) is 20.8 Å². The van der Waals surface area contributed by atoms with Gasteiger partial charge in [0, 0.05) is 27.5 Å². The third-order valence-electron chi connectivity index (χ3n) is 5.26. The van der Waals surface area contributed by atoms with Crippen LogP contribution in [0.5, 0.6) is 23.0 Å². The lowest BCUT2D eigenvalue weighted by Crippen LogP contribution is -2.02. The van der Waals surface area contributed by atoms with Crippen LogP contribution in [0.25, 0.3) is 21.9 Å². The highest BCUT2D eigenvalue weighted by molar-refractivity contribution is 6.00. The van der Waals surface area contributed by atoms with Crippen LogP contribution >= 0.6 is 0 Å². The van der Waals surface area contributed by atoms with Crippen LogP contribution in [0.3, 0.4) is 0 Å². The van der Waals surface area contributed by atoms with Crippen LogP contribution in [0.4, 0.5) is 0 Å². The Morgan fingerprint density at radius 2 is 1.19 bits per heavy atom. The minimum absolute atomic E-state index is 0.790. The van der Waals surface area contributed by atoms with E-state index in [1.54, 1.807) is 28.4 Å². The molecule has 4 heteroatoms. The number of ether oxygens (including phenoxy) is 4. The lowest BCUT2D eigenvalue weighted by Gasteiger charge is -2.22. The molecule has 3 aromatic carbocycles. The third-order valence-corrected chi connectivity index (χ3v) is 5.26. The minimum atomic E-state index is 0.790. The summed E-state index contributed by atoms with van der Waals surface area (Å²) in [4.78, 5) is 0. The van der Waals surface area contributed by atoms with Crippen molar-refractivity contribution in [1.29, 1.82) is 0 Å². The molecule has 4 nitrogen and oxygen atoms in total. The summed E-state index contributed by atoms with van der Waals surface area (Å²) >= 11 is 0. The summed E-state index contributed by atoms with van der Waals surface area (Å²) < 4.78 is 22.9. The topological polar surface area (TPSA) is 36.9 Å². The predicted molar refractivity (Wildman–Crippen MR) is 110 cm³/mol. The Morgan fingerprint density at radius 1 is 0.556 bits per heavy atom. The number of benzene rings is 3. The van der Waals surface area contributed by atoms with Crippen LogP contribution in [-0.2, 0) is 0 Å². The summed E-state index contributed by atoms with van der Waals surface area (Å²) in [6, 6.07) is 10.1. The molecule has 0 radical (unpaired) electrons. The molecule has 0 N–H and O–H groups in total. The second-order valence-corrected chi connectivity index (χ2v) is 6.52. The van der Waals surface area contributed by atoms with Crippen LogP contribution in [-0.4, -0.2) is 28.4 Å². The summed E-state index contributed by atoms with van der Waals surface area (Å²) in [6.07, 6.45) is 0. The lowest BCUT2D eigenvalue weighted by molar-refractivity contribution is 0.395. The van der Waals surface area contributed by atoms with E-state index in [9.17, 15) is 0 Å². The SMILES string of the molecule is COc1c(C)c(C)c(OC)c(-c2ccc3c(OC)cccc3c2OC)c1C. The normalized spacial score (nSPS) is 10.8. The summed E-state index contributed by atoms with van der Waals surface area (Å²) in [6.45, 7) is 6.16. The summed E-state index contributed by atoms with van der Waals surface area (Å²) in [7, 11) is 6.77. The van der Waals surface area contributed by atoms with E-state index in [1.807, 2.05) is 18.2 Å². The number of hydrogen-bond donors (Lipinski definition) is 0. The fourth-order valence-corrected chi connectivity index (χ4v) is 3.87. The van der Waals surface area contributed by atoms with E-state index in [4.69, 9.17) is 18.9 Å². The van der Waals surface area contributed by atoms with Crippen molar-refractivity contribution in [2.45, 2.75) is 20.8 Å². The van der Waals surface area contributed by atoms with Gasteiger partial charge in [-0.05, 0) is 50.1 Å². The predicted octanol–water partition coefficient (Wildman–Crippen LogP) is 5.47. The maximum Gasteiger partial charge on any atom is 0.134 e. The average molecular weight is 366 g/mol. The minimum Gasteiger partial charge on any atom is -0.496 e. The van der Waals surface area contributed by atoms with Crippen molar-refractivity contribution in [3.8, 4) is 34.1 Å². The zero-order valence-corrected chi connectivity index (χ0v) is 17.0. The second kappa shape index (κ2) is 7.39. The van der Waals surface area contributed by atoms with E-state index < -0.39 is 0 Å². The molecule has 0 heterocycles. The molecule has 0 aliphatic heterocycles. The Morgan fingerprint density at radius 3 is 1.78 bits per heavy atom. The first kappa shape index (κ1) is 18.9. The standard InChI is InChI=1S/C23H26O4/c1-13-14(2)22(26-6)20(15(3)21(13)25-5)18-12-11-16-17(23(18)27-7)9-8-10-19(16)24-4/h8-12H,1-7H3. The molecule has 0 aliphatic carbocycles. The molecule has 0 aromatic heterocycles. The Labute approximate surface area is 160 Å². The largest absolute Gasteiger partial charge is 0.496 e. The van der Waals surface area contributed by atoms with Gasteiger partial charge in [-0.25, -0.2) is 0 Å². The maximum absolute atomic E-state index is 5.86. The van der Waals surface area contributed by atoms with Gasteiger partial charge in [-0.1, -0.05) is 12.1 Å². The van der Waals surface area contributed by atoms with Crippen LogP contribution < -0.4 is 18.9 Å². The average Bonchev–Trinajstić information content (AvgIpc) is 2.69. The van der Waals surface area contributed by atoms with Crippen LogP contribution in [0.1, 0.15) is 16.7 Å². The van der Waals surface area contributed by atoms with E-state index in [0.29, 0.717) is 0 Å². The Kier molecular flexibility index (Phi) is 5.17. The van der Waals surface area contributed by atoms with E-state index in [0.717, 1.165) is 61.6 Å². The van der Waals surface area contributed by atoms with Crippen molar-refractivity contribution in [2.75, 3.05) is 28.4 Å². The number of methoxy groups -OCH3 is 4. The van der Waals surface area contributed by atoms with E-state index >= 15 is 0 Å². The highest BCUT2D eigenvalue weighted by atomic mass is 16.5. The summed E-state index contributed by atoms with van der Waals surface area (Å²) in [5.41, 5.74) is 5.12. The molecule has 0 spiro atoms. The number of rotatable bonds is 5. The highest BCUT2D eigenvalue weighted by Gasteiger charge is 2.23. The molecule has 0 atom stereocenters. The first-order chi connectivity index (χ1) is 13.0. The molecule has 0 amide bonds. The van der Waals surface area contributed by atoms with Crippen LogP contribution in [0.2, 0.25) is 0 Å². The van der Waals surface area contributed by atoms with Crippen molar-refractivity contribution < 1.29 is 18.9 Å². The zero-order valence-electron chi connectivity index (χ0n) is 17.0. The lowest BCUT2D eigenvalue weighted by atomic mass is 9.90. The fraction of sp³-hybridized carbons (Fsp3) is 0.304. The van der Waals surface area contributed by atoms with E-state index in [1.165, 1.54) is 0 Å². The van der Waals surface area contributed by atoms with Crippen molar-refractivity contribution in [3.63, 3.8) is 0 Å². The molecule has 0 saturated heterocycles. The van der Waals surface area contributed by atoms with Gasteiger partial charge in [0.2, 0.25) is 0 Å². The van der Waals surface area contributed by atoms with Gasteiger partial charge in [-0.15, -0.1) is 0 Å². The quantitative estimate of drug-likeness (QED) is 0.600. The third kappa shape index (κ3) is 2.85. The van der Waals surface area contributed by atoms with Gasteiger partial charge in [0.05, 0.1) is 28.4 Å². The van der Waals surface area contributed by atoms with Crippen molar-refractivity contribution in [3.05, 3.63) is 47.0 Å². The fourth-order valence-electron chi connectivity index (χ4n) is 3.87. The molecular weight excluding hydrogens is 340 g/mol. The summed E-state index contributed by atoms with van der Waals surface area (Å²) in [5, 5.41) is 2.00. The molecule has 0 saturated carbocycles. The van der Waals surface area contributed by atoms with Crippen molar-refractivity contribution in [1.82, 2.24) is 0 Å². The molecule has 27 heavy (non-hydrogen) atoms. The Bertz CT molecular complexity index is 1010. The first-order valence-electron chi connectivity index (χ1n) is 8.85. The number of hydrogen-bond acceptors (Lipinski definition) is 4. The van der Waals surface area contributed by atoms with E-state index in [2.05, 4.69) is 32.9 Å². The molecule has 142 valence electrons. The van der Waals surface area contributed by atoms with Crippen molar-refractivity contribution >= 4 is 10.8 Å². The van der Waals surface area contributed by atoms with Gasteiger partial charge in [-0.3, -0.25) is 0 Å². The molecule has 3 rings (SSSR count). The van der Waals surface area contributed by atoms with Crippen molar-refractivity contribution in [2.24, 2.45) is 0 Å². The zero-order chi connectivity index (χ0) is 19.7. The van der Waals surface area contributed by atoms with Gasteiger partial charge < -0.3 is 18.9 Å². The number of fused-ring (bicyclic) bond motifs is 1. The first-order valence-corrected chi connectivity index (χ1v) is 8.85. The molecule has 0 fully saturated rings. The van der Waals surface area contributed by atoms with E-state index in [-0.39, 0.29) is 0 Å². The molecule has 0 bridgehead atoms. The molecular formula is C23H26O4. The highest BCUT2D eigenvalue weighted by Crippen LogP contribution is 2.48. The summed E-state index contributed by atoms with van der Waals surface area (Å²) in [5.74, 6) is 3.32. The van der Waals surface area contributed by atoms with Gasteiger partial charge >= 0.3 is 0 Å². The van der Waals surface area contributed by atoms with Gasteiger partial charge in [0.25, 0.3) is 0 Å². The Balaban J connectivity index is 2.45. The molecule has 0 unspecified atom stereocenters. The van der Waals surface area contributed by atoms with Gasteiger partial charge in [0.1, 0.15) is 23.0 Å². The van der Waals surface area contributed by atoms with Crippen LogP contribution in [0.15, 0.2) is 30.3 Å². The van der Waals surface area contributed by atoms with Gasteiger partial charge in [-0.2, -0.15) is 0 Å². The maximum atomic E-state index is 5.86. The van der Waals surface area contributed by atoms with Gasteiger partial charge in [0.15, 0.2) is 0 Å². The monoisotopic (exact) mass is 366 g/mol. The smallest absolute Gasteiger partial charge is 0.134 e. The second-order valence-electron chi connectivity index (χ2n) is 6.52. The molecule has 3 aromatic rings. The molecule has 0 aliphatic rings. The Hall–Kier alpha value is -2.88.